The van der Waals surface area contributed by atoms with Crippen molar-refractivity contribution in [2.24, 2.45) is 5.92 Å². The molecule has 0 aromatic rings. The molecule has 1 heteroatoms. The fourth-order valence-corrected chi connectivity index (χ4v) is 1.89. The molecule has 1 rings (SSSR count). The van der Waals surface area contributed by atoms with Gasteiger partial charge < -0.3 is 0 Å². The molecule has 0 unspecified atom stereocenters. The number of hydrogen-bond acceptors (Lipinski definition) is 1. The van der Waals surface area contributed by atoms with Gasteiger partial charge in [-0.05, 0) is 31.3 Å². The molecule has 0 saturated heterocycles. The van der Waals surface area contributed by atoms with E-state index in [1.807, 2.05) is 0 Å². The number of allylic oxidation sites excluding steroid dienone is 2. The highest BCUT2D eigenvalue weighted by molar-refractivity contribution is 5.96. The maximum Gasteiger partial charge on any atom is 0.159 e. The Morgan fingerprint density at radius 1 is 1.45 bits per heavy atom. The SMILES string of the molecule is CCC1=C(C)C[C@H](C)CC1=O. The van der Waals surface area contributed by atoms with Crippen LogP contribution < -0.4 is 0 Å². The Morgan fingerprint density at radius 3 is 2.55 bits per heavy atom. The number of carbonyl (C=O) groups is 1. The van der Waals surface area contributed by atoms with Crippen molar-refractivity contribution in [2.75, 3.05) is 0 Å². The van der Waals surface area contributed by atoms with Crippen LogP contribution in [0, 0.1) is 5.92 Å². The van der Waals surface area contributed by atoms with Crippen molar-refractivity contribution in [1.82, 2.24) is 0 Å². The maximum absolute atomic E-state index is 11.4. The summed E-state index contributed by atoms with van der Waals surface area (Å²) in [7, 11) is 0. The molecule has 11 heavy (non-hydrogen) atoms. The minimum Gasteiger partial charge on any atom is -0.295 e. The molecule has 0 heterocycles. The number of ketones is 1. The van der Waals surface area contributed by atoms with Crippen LogP contribution in [0.25, 0.3) is 0 Å². The first-order valence-corrected chi connectivity index (χ1v) is 4.37. The van der Waals surface area contributed by atoms with Crippen LogP contribution in [0.15, 0.2) is 11.1 Å². The number of Topliss-reactive ketones (excluding diaryl/α,β-unsaturated/α-hetero) is 1. The van der Waals surface area contributed by atoms with E-state index in [9.17, 15) is 4.79 Å². The zero-order valence-corrected chi connectivity index (χ0v) is 7.61. The molecular weight excluding hydrogens is 136 g/mol. The molecule has 0 amide bonds. The van der Waals surface area contributed by atoms with E-state index in [0.29, 0.717) is 11.7 Å². The van der Waals surface area contributed by atoms with Crippen molar-refractivity contribution in [3.8, 4) is 0 Å². The summed E-state index contributed by atoms with van der Waals surface area (Å²) >= 11 is 0. The van der Waals surface area contributed by atoms with Gasteiger partial charge in [0.25, 0.3) is 0 Å². The van der Waals surface area contributed by atoms with Crippen molar-refractivity contribution < 1.29 is 4.79 Å². The van der Waals surface area contributed by atoms with Crippen LogP contribution in [0.5, 0.6) is 0 Å². The Bertz CT molecular complexity index is 201. The lowest BCUT2D eigenvalue weighted by Crippen LogP contribution is -2.16. The Balaban J connectivity index is 2.86. The second kappa shape index (κ2) is 3.21. The van der Waals surface area contributed by atoms with Crippen molar-refractivity contribution in [3.63, 3.8) is 0 Å². The van der Waals surface area contributed by atoms with Crippen LogP contribution in [0.4, 0.5) is 0 Å². The molecule has 0 fully saturated rings. The Hall–Kier alpha value is -0.590. The average molecular weight is 152 g/mol. The average Bonchev–Trinajstić information content (AvgIpc) is 1.85. The highest BCUT2D eigenvalue weighted by Gasteiger charge is 2.20. The van der Waals surface area contributed by atoms with Crippen LogP contribution >= 0.6 is 0 Å². The zero-order chi connectivity index (χ0) is 8.43. The molecule has 0 bridgehead atoms. The van der Waals surface area contributed by atoms with Gasteiger partial charge in [-0.3, -0.25) is 4.79 Å². The third-order valence-corrected chi connectivity index (χ3v) is 2.39. The van der Waals surface area contributed by atoms with Gasteiger partial charge in [0.15, 0.2) is 5.78 Å². The highest BCUT2D eigenvalue weighted by atomic mass is 16.1. The summed E-state index contributed by atoms with van der Waals surface area (Å²) in [6, 6.07) is 0. The smallest absolute Gasteiger partial charge is 0.159 e. The van der Waals surface area contributed by atoms with Crippen LogP contribution in [0.2, 0.25) is 0 Å². The molecule has 1 aliphatic rings. The molecule has 0 aliphatic heterocycles. The van der Waals surface area contributed by atoms with Gasteiger partial charge >= 0.3 is 0 Å². The predicted octanol–water partition coefficient (Wildman–Crippen LogP) is 2.71. The van der Waals surface area contributed by atoms with E-state index in [4.69, 9.17) is 0 Å². The van der Waals surface area contributed by atoms with Gasteiger partial charge in [-0.1, -0.05) is 19.4 Å². The van der Waals surface area contributed by atoms with Gasteiger partial charge in [-0.15, -0.1) is 0 Å². The first kappa shape index (κ1) is 8.51. The number of rotatable bonds is 1. The third-order valence-electron chi connectivity index (χ3n) is 2.39. The molecule has 1 nitrogen and oxygen atoms in total. The van der Waals surface area contributed by atoms with E-state index in [1.54, 1.807) is 0 Å². The molecular formula is C10H16O. The van der Waals surface area contributed by atoms with Gasteiger partial charge in [0.05, 0.1) is 0 Å². The zero-order valence-electron chi connectivity index (χ0n) is 7.61. The molecule has 0 N–H and O–H groups in total. The summed E-state index contributed by atoms with van der Waals surface area (Å²) in [5.74, 6) is 0.946. The summed E-state index contributed by atoms with van der Waals surface area (Å²) in [4.78, 5) is 11.4. The lowest BCUT2D eigenvalue weighted by molar-refractivity contribution is -0.117. The van der Waals surface area contributed by atoms with E-state index in [1.165, 1.54) is 5.57 Å². The molecule has 0 aromatic carbocycles. The minimum atomic E-state index is 0.378. The van der Waals surface area contributed by atoms with Crippen LogP contribution in [0.3, 0.4) is 0 Å². The fourth-order valence-electron chi connectivity index (χ4n) is 1.89. The normalized spacial score (nSPS) is 26.1. The van der Waals surface area contributed by atoms with Gasteiger partial charge in [0.2, 0.25) is 0 Å². The van der Waals surface area contributed by atoms with Gasteiger partial charge in [-0.2, -0.15) is 0 Å². The first-order chi connectivity index (χ1) is 5.15. The van der Waals surface area contributed by atoms with E-state index in [0.717, 1.165) is 24.8 Å². The maximum atomic E-state index is 11.4. The van der Waals surface area contributed by atoms with Crippen LogP contribution in [-0.2, 0) is 4.79 Å². The van der Waals surface area contributed by atoms with Crippen molar-refractivity contribution in [3.05, 3.63) is 11.1 Å². The fraction of sp³-hybridized carbons (Fsp3) is 0.700. The second-order valence-corrected chi connectivity index (χ2v) is 3.55. The van der Waals surface area contributed by atoms with E-state index < -0.39 is 0 Å². The van der Waals surface area contributed by atoms with Crippen molar-refractivity contribution in [1.29, 1.82) is 0 Å². The van der Waals surface area contributed by atoms with Crippen LogP contribution in [0.1, 0.15) is 40.0 Å². The quantitative estimate of drug-likeness (QED) is 0.564. The van der Waals surface area contributed by atoms with E-state index >= 15 is 0 Å². The Kier molecular flexibility index (Phi) is 2.48. The Labute approximate surface area is 68.5 Å². The first-order valence-electron chi connectivity index (χ1n) is 4.37. The molecule has 0 radical (unpaired) electrons. The van der Waals surface area contributed by atoms with E-state index in [-0.39, 0.29) is 0 Å². The lowest BCUT2D eigenvalue weighted by atomic mass is 9.84. The van der Waals surface area contributed by atoms with Crippen LogP contribution in [-0.4, -0.2) is 5.78 Å². The molecule has 1 atom stereocenters. The monoisotopic (exact) mass is 152 g/mol. The molecule has 0 spiro atoms. The molecule has 62 valence electrons. The topological polar surface area (TPSA) is 17.1 Å². The number of carbonyl (C=O) groups excluding carboxylic acids is 1. The van der Waals surface area contributed by atoms with Crippen molar-refractivity contribution in [2.45, 2.75) is 40.0 Å². The Morgan fingerprint density at radius 2 is 2.09 bits per heavy atom. The molecule has 0 aromatic heterocycles. The van der Waals surface area contributed by atoms with Crippen molar-refractivity contribution >= 4 is 5.78 Å². The van der Waals surface area contributed by atoms with E-state index in [2.05, 4.69) is 20.8 Å². The summed E-state index contributed by atoms with van der Waals surface area (Å²) in [6.07, 6.45) is 2.80. The second-order valence-electron chi connectivity index (χ2n) is 3.55. The third kappa shape index (κ3) is 1.70. The lowest BCUT2D eigenvalue weighted by Gasteiger charge is -2.20. The standard InChI is InChI=1S/C10H16O/c1-4-9-8(3)5-7(2)6-10(9)11/h7H,4-6H2,1-3H3/t7-/m0/s1. The van der Waals surface area contributed by atoms with Gasteiger partial charge in [0.1, 0.15) is 0 Å². The highest BCUT2D eigenvalue weighted by Crippen LogP contribution is 2.27. The summed E-state index contributed by atoms with van der Waals surface area (Å²) in [5, 5.41) is 0. The minimum absolute atomic E-state index is 0.378. The summed E-state index contributed by atoms with van der Waals surface area (Å²) in [6.45, 7) is 6.30. The number of hydrogen-bond donors (Lipinski definition) is 0. The van der Waals surface area contributed by atoms with Gasteiger partial charge in [0, 0.05) is 6.42 Å². The molecule has 1 aliphatic carbocycles. The molecule has 0 saturated carbocycles. The summed E-state index contributed by atoms with van der Waals surface area (Å²) < 4.78 is 0. The predicted molar refractivity (Wildman–Crippen MR) is 46.4 cm³/mol. The largest absolute Gasteiger partial charge is 0.295 e. The summed E-state index contributed by atoms with van der Waals surface area (Å²) in [5.41, 5.74) is 2.40. The van der Waals surface area contributed by atoms with Gasteiger partial charge in [-0.25, -0.2) is 0 Å².